The summed E-state index contributed by atoms with van der Waals surface area (Å²) in [6.45, 7) is 4.30. The molecule has 9 heteroatoms. The number of aromatic nitrogens is 4. The van der Waals surface area contributed by atoms with Crippen LogP contribution in [0, 0.1) is 12.8 Å². The minimum atomic E-state index is -0.162. The predicted molar refractivity (Wildman–Crippen MR) is 129 cm³/mol. The van der Waals surface area contributed by atoms with Crippen LogP contribution >= 0.6 is 11.6 Å². The average Bonchev–Trinajstić information content (AvgIpc) is 3.02. The van der Waals surface area contributed by atoms with Crippen LogP contribution < -0.4 is 15.0 Å². The summed E-state index contributed by atoms with van der Waals surface area (Å²) in [5.74, 6) is 2.30. The van der Waals surface area contributed by atoms with Gasteiger partial charge in [-0.3, -0.25) is 4.79 Å². The highest BCUT2D eigenvalue weighted by atomic mass is 35.5. The first-order chi connectivity index (χ1) is 16.0. The van der Waals surface area contributed by atoms with Gasteiger partial charge in [0.15, 0.2) is 17.0 Å². The van der Waals surface area contributed by atoms with E-state index in [9.17, 15) is 4.79 Å². The molecule has 0 bridgehead atoms. The van der Waals surface area contributed by atoms with Crippen LogP contribution in [0.25, 0.3) is 11.2 Å². The Kier molecular flexibility index (Phi) is 6.10. The number of nitrogens with one attached hydrogen (secondary N) is 1. The van der Waals surface area contributed by atoms with Crippen LogP contribution in [0.4, 0.5) is 11.5 Å². The second-order valence-corrected chi connectivity index (χ2v) is 9.34. The maximum absolute atomic E-state index is 13.2. The number of carbonyl (C=O) groups excluding carboxylic acids is 1. The number of anilines is 2. The molecule has 1 aromatic carbocycles. The number of aryl methyl sites for hydroxylation is 3. The van der Waals surface area contributed by atoms with Crippen LogP contribution in [0.3, 0.4) is 0 Å². The largest absolute Gasteiger partial charge is 0.495 e. The summed E-state index contributed by atoms with van der Waals surface area (Å²) in [4.78, 5) is 29.5. The molecule has 2 aliphatic heterocycles. The maximum atomic E-state index is 13.2. The molecule has 1 atom stereocenters. The fraction of sp³-hybridized carbons (Fsp3) is 0.500. The van der Waals surface area contributed by atoms with Gasteiger partial charge >= 0.3 is 0 Å². The zero-order valence-corrected chi connectivity index (χ0v) is 19.9. The summed E-state index contributed by atoms with van der Waals surface area (Å²) >= 11 is 6.21. The van der Waals surface area contributed by atoms with Crippen LogP contribution in [0.2, 0.25) is 5.02 Å². The highest BCUT2D eigenvalue weighted by Crippen LogP contribution is 2.33. The zero-order valence-electron chi connectivity index (χ0n) is 19.1. The fourth-order valence-electron chi connectivity index (χ4n) is 4.90. The van der Waals surface area contributed by atoms with Crippen LogP contribution in [-0.2, 0) is 17.8 Å². The van der Waals surface area contributed by atoms with Gasteiger partial charge in [0.2, 0.25) is 5.91 Å². The van der Waals surface area contributed by atoms with E-state index in [1.165, 1.54) is 6.42 Å². The Morgan fingerprint density at radius 2 is 2.06 bits per heavy atom. The molecule has 0 saturated carbocycles. The number of hydrogen-bond acceptors (Lipinski definition) is 6. The maximum Gasteiger partial charge on any atom is 0.229 e. The Balaban J connectivity index is 1.38. The monoisotopic (exact) mass is 468 g/mol. The fourth-order valence-corrected chi connectivity index (χ4v) is 5.06. The van der Waals surface area contributed by atoms with Crippen molar-refractivity contribution in [3.05, 3.63) is 34.9 Å². The van der Waals surface area contributed by atoms with Crippen molar-refractivity contribution in [2.45, 2.75) is 52.0 Å². The summed E-state index contributed by atoms with van der Waals surface area (Å²) in [7, 11) is 1.58. The number of imidazole rings is 1. The number of ether oxygens (including phenoxy) is 1. The second-order valence-electron chi connectivity index (χ2n) is 8.94. The first-order valence-corrected chi connectivity index (χ1v) is 12.0. The molecule has 3 aromatic rings. The lowest BCUT2D eigenvalue weighted by Crippen LogP contribution is -2.41. The number of rotatable bonds is 4. The third-order valence-electron chi connectivity index (χ3n) is 6.70. The number of halogens is 1. The van der Waals surface area contributed by atoms with Crippen LogP contribution in [0.1, 0.15) is 43.5 Å². The van der Waals surface area contributed by atoms with Crippen molar-refractivity contribution in [2.24, 2.45) is 5.92 Å². The van der Waals surface area contributed by atoms with Gasteiger partial charge in [0, 0.05) is 37.1 Å². The van der Waals surface area contributed by atoms with Crippen molar-refractivity contribution in [3.63, 3.8) is 0 Å². The van der Waals surface area contributed by atoms with Gasteiger partial charge in [-0.25, -0.2) is 15.0 Å². The molecule has 0 spiro atoms. The Morgan fingerprint density at radius 1 is 1.18 bits per heavy atom. The van der Waals surface area contributed by atoms with Crippen molar-refractivity contribution in [1.82, 2.24) is 19.5 Å². The van der Waals surface area contributed by atoms with E-state index >= 15 is 0 Å². The SMILES string of the molecule is COc1cc(Cl)c(C)cc1NC(=O)[C@@H]1CCCN(c2ncnc3c2nc2n3CCCCC2)C1. The lowest BCUT2D eigenvalue weighted by Gasteiger charge is -2.33. The van der Waals surface area contributed by atoms with Gasteiger partial charge in [0.25, 0.3) is 0 Å². The Morgan fingerprint density at radius 3 is 2.91 bits per heavy atom. The van der Waals surface area contributed by atoms with E-state index in [0.717, 1.165) is 73.6 Å². The lowest BCUT2D eigenvalue weighted by molar-refractivity contribution is -0.120. The standard InChI is InChI=1S/C24H29ClN6O2/c1-15-11-18(19(33-2)12-17(15)25)28-24(32)16-7-6-9-30(13-16)22-21-23(27-14-26-22)31-10-5-3-4-8-20(31)29-21/h11-12,14,16H,3-10,13H2,1-2H3,(H,28,32)/t16-/m1/s1. The van der Waals surface area contributed by atoms with E-state index in [0.29, 0.717) is 23.0 Å². The first-order valence-electron chi connectivity index (χ1n) is 11.6. The normalized spacial score (nSPS) is 18.6. The van der Waals surface area contributed by atoms with Gasteiger partial charge in [-0.1, -0.05) is 18.0 Å². The minimum absolute atomic E-state index is 0.0226. The number of carbonyl (C=O) groups is 1. The van der Waals surface area contributed by atoms with Crippen LogP contribution in [0.15, 0.2) is 18.5 Å². The van der Waals surface area contributed by atoms with Crippen molar-refractivity contribution in [1.29, 1.82) is 0 Å². The lowest BCUT2D eigenvalue weighted by atomic mass is 9.97. The smallest absolute Gasteiger partial charge is 0.229 e. The molecule has 174 valence electrons. The number of piperidine rings is 1. The third-order valence-corrected chi connectivity index (χ3v) is 7.11. The quantitative estimate of drug-likeness (QED) is 0.611. The molecule has 1 fully saturated rings. The van der Waals surface area contributed by atoms with Gasteiger partial charge in [-0.05, 0) is 44.2 Å². The van der Waals surface area contributed by atoms with Crippen molar-refractivity contribution >= 4 is 40.2 Å². The number of fused-ring (bicyclic) bond motifs is 3. The van der Waals surface area contributed by atoms with Crippen molar-refractivity contribution in [2.75, 3.05) is 30.4 Å². The molecule has 1 saturated heterocycles. The van der Waals surface area contributed by atoms with Crippen LogP contribution in [-0.4, -0.2) is 45.6 Å². The van der Waals surface area contributed by atoms with Gasteiger partial charge in [-0.2, -0.15) is 0 Å². The molecule has 2 aliphatic rings. The molecule has 33 heavy (non-hydrogen) atoms. The molecule has 1 N–H and O–H groups in total. The summed E-state index contributed by atoms with van der Waals surface area (Å²) < 4.78 is 7.67. The van der Waals surface area contributed by atoms with E-state index in [1.54, 1.807) is 19.5 Å². The van der Waals surface area contributed by atoms with E-state index < -0.39 is 0 Å². The second kappa shape index (κ2) is 9.17. The van der Waals surface area contributed by atoms with Gasteiger partial charge in [-0.15, -0.1) is 0 Å². The summed E-state index contributed by atoms with van der Waals surface area (Å²) in [5.41, 5.74) is 3.29. The number of amides is 1. The molecule has 4 heterocycles. The number of methoxy groups -OCH3 is 1. The number of benzene rings is 1. The average molecular weight is 469 g/mol. The highest BCUT2D eigenvalue weighted by Gasteiger charge is 2.29. The van der Waals surface area contributed by atoms with Gasteiger partial charge in [0.1, 0.15) is 17.9 Å². The van der Waals surface area contributed by atoms with E-state index in [1.807, 2.05) is 13.0 Å². The molecule has 2 aromatic heterocycles. The molecule has 0 radical (unpaired) electrons. The van der Waals surface area contributed by atoms with Crippen molar-refractivity contribution < 1.29 is 9.53 Å². The summed E-state index contributed by atoms with van der Waals surface area (Å²) in [6, 6.07) is 3.59. The van der Waals surface area contributed by atoms with E-state index in [4.69, 9.17) is 21.3 Å². The predicted octanol–water partition coefficient (Wildman–Crippen LogP) is 4.38. The zero-order chi connectivity index (χ0) is 22.9. The Bertz CT molecular complexity index is 1190. The van der Waals surface area contributed by atoms with Crippen LogP contribution in [0.5, 0.6) is 5.75 Å². The molecule has 0 unspecified atom stereocenters. The Labute approximate surface area is 198 Å². The molecular formula is C24H29ClN6O2. The number of nitrogens with zero attached hydrogens (tertiary/aromatic N) is 5. The van der Waals surface area contributed by atoms with Gasteiger partial charge in [0.05, 0.1) is 18.7 Å². The molecule has 8 nitrogen and oxygen atoms in total. The first kappa shape index (κ1) is 21.9. The van der Waals surface area contributed by atoms with E-state index in [2.05, 4.69) is 24.8 Å². The molecular weight excluding hydrogens is 440 g/mol. The van der Waals surface area contributed by atoms with Gasteiger partial charge < -0.3 is 19.5 Å². The third kappa shape index (κ3) is 4.24. The van der Waals surface area contributed by atoms with E-state index in [-0.39, 0.29) is 11.8 Å². The molecule has 1 amide bonds. The summed E-state index contributed by atoms with van der Waals surface area (Å²) in [5, 5.41) is 3.66. The molecule has 0 aliphatic carbocycles. The topological polar surface area (TPSA) is 85.2 Å². The minimum Gasteiger partial charge on any atom is -0.495 e. The number of hydrogen-bond donors (Lipinski definition) is 1. The molecule has 5 rings (SSSR count). The Hall–Kier alpha value is -2.87. The summed E-state index contributed by atoms with van der Waals surface area (Å²) in [6.07, 6.45) is 7.87. The van der Waals surface area contributed by atoms with Crippen molar-refractivity contribution in [3.8, 4) is 5.75 Å². The highest BCUT2D eigenvalue weighted by molar-refractivity contribution is 6.31.